The van der Waals surface area contributed by atoms with Crippen LogP contribution in [0.15, 0.2) is 60.7 Å². The number of rotatable bonds is 3. The van der Waals surface area contributed by atoms with Crippen LogP contribution in [0.2, 0.25) is 0 Å². The van der Waals surface area contributed by atoms with Gasteiger partial charge in [-0.25, -0.2) is 0 Å². The summed E-state index contributed by atoms with van der Waals surface area (Å²) in [4.78, 5) is 15.0. The molecule has 0 aromatic heterocycles. The minimum absolute atomic E-state index is 0.0600. The predicted molar refractivity (Wildman–Crippen MR) is 80.9 cm³/mol. The van der Waals surface area contributed by atoms with E-state index in [1.807, 2.05) is 36.4 Å². The average Bonchev–Trinajstić information content (AvgIpc) is 2.90. The zero-order valence-corrected chi connectivity index (χ0v) is 11.7. The van der Waals surface area contributed by atoms with E-state index in [-0.39, 0.29) is 11.7 Å². The number of benzene rings is 2. The van der Waals surface area contributed by atoms with Gasteiger partial charge in [0.2, 0.25) is 0 Å². The normalized spacial score (nSPS) is 22.9. The fourth-order valence-electron chi connectivity index (χ4n) is 3.12. The first kappa shape index (κ1) is 13.1. The van der Waals surface area contributed by atoms with Crippen LogP contribution in [0.4, 0.5) is 0 Å². The molecule has 1 aliphatic rings. The molecule has 1 saturated heterocycles. The van der Waals surface area contributed by atoms with E-state index in [0.717, 1.165) is 18.7 Å². The highest BCUT2D eigenvalue weighted by Gasteiger charge is 2.36. The molecule has 0 N–H and O–H groups in total. The molecule has 1 fully saturated rings. The Morgan fingerprint density at radius 1 is 0.950 bits per heavy atom. The summed E-state index contributed by atoms with van der Waals surface area (Å²) < 4.78 is 0. The summed E-state index contributed by atoms with van der Waals surface area (Å²) in [7, 11) is 2.09. The van der Waals surface area contributed by atoms with E-state index < -0.39 is 0 Å². The second kappa shape index (κ2) is 5.59. The first-order chi connectivity index (χ1) is 9.75. The molecule has 0 radical (unpaired) electrons. The average molecular weight is 265 g/mol. The second-order valence-electron chi connectivity index (χ2n) is 5.58. The zero-order chi connectivity index (χ0) is 13.9. The van der Waals surface area contributed by atoms with Crippen molar-refractivity contribution in [2.75, 3.05) is 20.1 Å². The minimum atomic E-state index is 0.0600. The smallest absolute Gasteiger partial charge is 0.167 e. The molecule has 0 aliphatic carbocycles. The van der Waals surface area contributed by atoms with Crippen molar-refractivity contribution < 1.29 is 4.79 Å². The van der Waals surface area contributed by atoms with Gasteiger partial charge < -0.3 is 4.90 Å². The Labute approximate surface area is 120 Å². The number of likely N-dealkylation sites (tertiary alicyclic amines) is 1. The van der Waals surface area contributed by atoms with Crippen LogP contribution < -0.4 is 0 Å². The molecular weight excluding hydrogens is 246 g/mol. The van der Waals surface area contributed by atoms with Crippen LogP contribution in [0, 0.1) is 5.92 Å². The third-order valence-corrected chi connectivity index (χ3v) is 4.13. The molecule has 2 nitrogen and oxygen atoms in total. The van der Waals surface area contributed by atoms with Gasteiger partial charge in [-0.2, -0.15) is 0 Å². The molecule has 0 unspecified atom stereocenters. The summed E-state index contributed by atoms with van der Waals surface area (Å²) in [6, 6.07) is 20.1. The molecule has 2 atom stereocenters. The lowest BCUT2D eigenvalue weighted by molar-refractivity contribution is 0.0915. The van der Waals surface area contributed by atoms with Gasteiger partial charge in [-0.1, -0.05) is 60.7 Å². The van der Waals surface area contributed by atoms with Gasteiger partial charge in [0.15, 0.2) is 5.78 Å². The van der Waals surface area contributed by atoms with Crippen LogP contribution in [0.3, 0.4) is 0 Å². The highest BCUT2D eigenvalue weighted by molar-refractivity contribution is 5.98. The van der Waals surface area contributed by atoms with E-state index >= 15 is 0 Å². The van der Waals surface area contributed by atoms with Gasteiger partial charge in [-0.05, 0) is 12.6 Å². The van der Waals surface area contributed by atoms with Gasteiger partial charge in [0, 0.05) is 30.5 Å². The Morgan fingerprint density at radius 2 is 1.55 bits per heavy atom. The third kappa shape index (κ3) is 2.52. The summed E-state index contributed by atoms with van der Waals surface area (Å²) in [5.74, 6) is 0.627. The molecule has 102 valence electrons. The van der Waals surface area contributed by atoms with Crippen molar-refractivity contribution >= 4 is 5.78 Å². The number of carbonyl (C=O) groups excluding carboxylic acids is 1. The predicted octanol–water partition coefficient (Wildman–Crippen LogP) is 3.21. The van der Waals surface area contributed by atoms with Crippen molar-refractivity contribution in [3.05, 3.63) is 71.8 Å². The van der Waals surface area contributed by atoms with Gasteiger partial charge in [0.1, 0.15) is 0 Å². The van der Waals surface area contributed by atoms with Crippen LogP contribution in [-0.2, 0) is 0 Å². The molecule has 0 bridgehead atoms. The second-order valence-corrected chi connectivity index (χ2v) is 5.58. The molecule has 2 heteroatoms. The maximum absolute atomic E-state index is 12.7. The maximum atomic E-state index is 12.7. The lowest BCUT2D eigenvalue weighted by Crippen LogP contribution is -2.22. The Kier molecular flexibility index (Phi) is 3.66. The lowest BCUT2D eigenvalue weighted by atomic mass is 9.84. The number of ketones is 1. The van der Waals surface area contributed by atoms with Gasteiger partial charge in [-0.15, -0.1) is 0 Å². The van der Waals surface area contributed by atoms with Crippen molar-refractivity contribution in [3.63, 3.8) is 0 Å². The van der Waals surface area contributed by atoms with Crippen molar-refractivity contribution in [2.24, 2.45) is 5.92 Å². The van der Waals surface area contributed by atoms with Gasteiger partial charge >= 0.3 is 0 Å². The van der Waals surface area contributed by atoms with Gasteiger partial charge in [0.05, 0.1) is 0 Å². The van der Waals surface area contributed by atoms with Crippen LogP contribution in [0.1, 0.15) is 21.8 Å². The molecule has 2 aromatic carbocycles. The topological polar surface area (TPSA) is 20.3 Å². The summed E-state index contributed by atoms with van der Waals surface area (Å²) in [6.07, 6.45) is 0. The molecule has 0 saturated carbocycles. The standard InChI is InChI=1S/C18H19NO/c1-19-12-16(14-8-4-2-5-9-14)17(13-19)18(20)15-10-6-3-7-11-15/h2-11,16-17H,12-13H2,1H3/t16-,17-/m0/s1. The van der Waals surface area contributed by atoms with Crippen molar-refractivity contribution in [2.45, 2.75) is 5.92 Å². The van der Waals surface area contributed by atoms with Crippen molar-refractivity contribution in [3.8, 4) is 0 Å². The van der Waals surface area contributed by atoms with E-state index in [1.165, 1.54) is 5.56 Å². The molecule has 1 heterocycles. The molecule has 2 aromatic rings. The third-order valence-electron chi connectivity index (χ3n) is 4.13. The Morgan fingerprint density at radius 3 is 2.20 bits per heavy atom. The van der Waals surface area contributed by atoms with E-state index in [2.05, 4.69) is 36.2 Å². The first-order valence-corrected chi connectivity index (χ1v) is 7.08. The number of hydrogen-bond acceptors (Lipinski definition) is 2. The molecule has 20 heavy (non-hydrogen) atoms. The lowest BCUT2D eigenvalue weighted by Gasteiger charge is -2.17. The van der Waals surface area contributed by atoms with E-state index in [9.17, 15) is 4.79 Å². The fourth-order valence-corrected chi connectivity index (χ4v) is 3.12. The highest BCUT2D eigenvalue weighted by Crippen LogP contribution is 2.34. The Bertz CT molecular complexity index is 579. The Hall–Kier alpha value is -1.93. The summed E-state index contributed by atoms with van der Waals surface area (Å²) in [5.41, 5.74) is 2.10. The number of likely N-dealkylation sites (N-methyl/N-ethyl adjacent to an activating group) is 1. The molecule has 3 rings (SSSR count). The molecule has 0 spiro atoms. The summed E-state index contributed by atoms with van der Waals surface area (Å²) in [5, 5.41) is 0. The fraction of sp³-hybridized carbons (Fsp3) is 0.278. The number of carbonyl (C=O) groups is 1. The van der Waals surface area contributed by atoms with Crippen LogP contribution in [-0.4, -0.2) is 30.8 Å². The number of nitrogens with zero attached hydrogens (tertiary/aromatic N) is 1. The van der Waals surface area contributed by atoms with Crippen LogP contribution in [0.25, 0.3) is 0 Å². The van der Waals surface area contributed by atoms with Crippen LogP contribution >= 0.6 is 0 Å². The van der Waals surface area contributed by atoms with E-state index in [1.54, 1.807) is 0 Å². The molecular formula is C18H19NO. The first-order valence-electron chi connectivity index (χ1n) is 7.08. The van der Waals surface area contributed by atoms with Gasteiger partial charge in [0.25, 0.3) is 0 Å². The van der Waals surface area contributed by atoms with Crippen LogP contribution in [0.5, 0.6) is 0 Å². The summed E-state index contributed by atoms with van der Waals surface area (Å²) in [6.45, 7) is 1.79. The quantitative estimate of drug-likeness (QED) is 0.794. The maximum Gasteiger partial charge on any atom is 0.167 e. The van der Waals surface area contributed by atoms with E-state index in [4.69, 9.17) is 0 Å². The van der Waals surface area contributed by atoms with Crippen molar-refractivity contribution in [1.82, 2.24) is 4.90 Å². The zero-order valence-electron chi connectivity index (χ0n) is 11.7. The van der Waals surface area contributed by atoms with Crippen molar-refractivity contribution in [1.29, 1.82) is 0 Å². The molecule has 1 aliphatic heterocycles. The Balaban J connectivity index is 1.89. The molecule has 0 amide bonds. The highest BCUT2D eigenvalue weighted by atomic mass is 16.1. The largest absolute Gasteiger partial charge is 0.305 e. The number of hydrogen-bond donors (Lipinski definition) is 0. The number of Topliss-reactive ketones (excluding diaryl/α,β-unsaturated/α-hetero) is 1. The monoisotopic (exact) mass is 265 g/mol. The van der Waals surface area contributed by atoms with E-state index in [0.29, 0.717) is 5.92 Å². The van der Waals surface area contributed by atoms with Gasteiger partial charge in [-0.3, -0.25) is 4.79 Å². The SMILES string of the molecule is CN1C[C@H](C(=O)c2ccccc2)[C@H](c2ccccc2)C1. The summed E-state index contributed by atoms with van der Waals surface area (Å²) >= 11 is 0. The minimum Gasteiger partial charge on any atom is -0.305 e.